The number of carbonyl (C=O) groups is 2. The van der Waals surface area contributed by atoms with Crippen LogP contribution in [0.1, 0.15) is 16.2 Å². The predicted molar refractivity (Wildman–Crippen MR) is 131 cm³/mol. The van der Waals surface area contributed by atoms with Crippen molar-refractivity contribution in [2.75, 3.05) is 5.73 Å². The van der Waals surface area contributed by atoms with Gasteiger partial charge in [0.15, 0.2) is 5.58 Å². The van der Waals surface area contributed by atoms with Gasteiger partial charge in [-0.2, -0.15) is 0 Å². The summed E-state index contributed by atoms with van der Waals surface area (Å²) in [6.07, 6.45) is -0.0545. The molecule has 2 heterocycles. The second kappa shape index (κ2) is 8.87. The van der Waals surface area contributed by atoms with Gasteiger partial charge in [-0.15, -0.1) is 0 Å². The second-order valence-electron chi connectivity index (χ2n) is 8.10. The van der Waals surface area contributed by atoms with Crippen molar-refractivity contribution in [3.05, 3.63) is 99.0 Å². The number of oxazole rings is 1. The molecule has 180 valence electrons. The van der Waals surface area contributed by atoms with Gasteiger partial charge in [0.25, 0.3) is 11.4 Å². The highest BCUT2D eigenvalue weighted by atomic mass is 16.4. The lowest BCUT2D eigenvalue weighted by Gasteiger charge is -2.14. The van der Waals surface area contributed by atoms with Crippen LogP contribution in [0.5, 0.6) is 0 Å². The maximum Gasteiger partial charge on any atom is 0.333 e. The lowest BCUT2D eigenvalue weighted by Crippen LogP contribution is -2.42. The molecule has 5 rings (SSSR count). The smallest absolute Gasteiger partial charge is 0.333 e. The summed E-state index contributed by atoms with van der Waals surface area (Å²) in [6, 6.07) is 16.3. The molecule has 0 aliphatic heterocycles. The van der Waals surface area contributed by atoms with Gasteiger partial charge in [-0.1, -0.05) is 24.3 Å². The Balaban J connectivity index is 1.38. The van der Waals surface area contributed by atoms with Crippen LogP contribution in [-0.2, 0) is 11.2 Å². The highest BCUT2D eigenvalue weighted by Gasteiger charge is 2.24. The van der Waals surface area contributed by atoms with Crippen molar-refractivity contribution < 1.29 is 19.1 Å². The average Bonchev–Trinajstić information content (AvgIpc) is 3.30. The van der Waals surface area contributed by atoms with Crippen LogP contribution < -0.4 is 22.3 Å². The van der Waals surface area contributed by atoms with E-state index in [2.05, 4.69) is 15.3 Å². The Labute approximate surface area is 201 Å². The molecule has 1 atom stereocenters. The van der Waals surface area contributed by atoms with Crippen molar-refractivity contribution in [2.24, 2.45) is 0 Å². The number of aliphatic carboxylic acids is 1. The van der Waals surface area contributed by atoms with Crippen molar-refractivity contribution in [1.82, 2.24) is 19.9 Å². The third-order valence-electron chi connectivity index (χ3n) is 5.65. The summed E-state index contributed by atoms with van der Waals surface area (Å²) in [6.45, 7) is 0. The van der Waals surface area contributed by atoms with Gasteiger partial charge in [-0.25, -0.2) is 19.1 Å². The van der Waals surface area contributed by atoms with Gasteiger partial charge in [0.2, 0.25) is 0 Å². The molecule has 0 unspecified atom stereocenters. The number of anilines is 1. The molecular weight excluding hydrogens is 466 g/mol. The number of aromatic amines is 1. The predicted octanol–water partition coefficient (Wildman–Crippen LogP) is 1.83. The van der Waals surface area contributed by atoms with E-state index in [0.29, 0.717) is 27.9 Å². The Morgan fingerprint density at radius 2 is 1.83 bits per heavy atom. The minimum Gasteiger partial charge on any atom is -0.480 e. The van der Waals surface area contributed by atoms with Crippen LogP contribution in [0.25, 0.3) is 27.7 Å². The van der Waals surface area contributed by atoms with Gasteiger partial charge in [0.1, 0.15) is 11.6 Å². The molecule has 0 bridgehead atoms. The monoisotopic (exact) mass is 485 g/mol. The third kappa shape index (κ3) is 4.20. The molecule has 0 aliphatic rings. The number of nitrogen functional groups attached to an aromatic ring is 1. The molecule has 11 nitrogen and oxygen atoms in total. The molecule has 36 heavy (non-hydrogen) atoms. The first kappa shape index (κ1) is 22.6. The largest absolute Gasteiger partial charge is 0.480 e. The van der Waals surface area contributed by atoms with Crippen LogP contribution in [0.4, 0.5) is 5.69 Å². The van der Waals surface area contributed by atoms with Crippen LogP contribution in [0, 0.1) is 0 Å². The number of nitrogens with one attached hydrogen (secondary N) is 2. The summed E-state index contributed by atoms with van der Waals surface area (Å²) in [4.78, 5) is 56.5. The quantitative estimate of drug-likeness (QED) is 0.264. The number of rotatable bonds is 6. The van der Waals surface area contributed by atoms with Gasteiger partial charge in [-0.05, 0) is 48.0 Å². The summed E-state index contributed by atoms with van der Waals surface area (Å²) < 4.78 is 6.36. The Kier molecular flexibility index (Phi) is 5.57. The van der Waals surface area contributed by atoms with E-state index < -0.39 is 29.2 Å². The fourth-order valence-corrected chi connectivity index (χ4v) is 3.87. The van der Waals surface area contributed by atoms with Crippen molar-refractivity contribution in [1.29, 1.82) is 0 Å². The van der Waals surface area contributed by atoms with E-state index in [0.717, 1.165) is 4.57 Å². The second-order valence-corrected chi connectivity index (χ2v) is 8.10. The topological polar surface area (TPSA) is 173 Å². The highest BCUT2D eigenvalue weighted by Crippen LogP contribution is 2.16. The number of hydrogen-bond acceptors (Lipinski definition) is 7. The van der Waals surface area contributed by atoms with Crippen LogP contribution in [0.3, 0.4) is 0 Å². The lowest BCUT2D eigenvalue weighted by molar-refractivity contribution is -0.139. The molecule has 1 amide bonds. The number of nitrogens with zero attached hydrogens (tertiary/aromatic N) is 2. The number of carbonyl (C=O) groups excluding carboxylic acids is 1. The highest BCUT2D eigenvalue weighted by molar-refractivity contribution is 5.94. The fraction of sp³-hybridized carbons (Fsp3) is 0.0800. The summed E-state index contributed by atoms with van der Waals surface area (Å²) >= 11 is 0. The summed E-state index contributed by atoms with van der Waals surface area (Å²) in [5.41, 5.74) is 7.09. The van der Waals surface area contributed by atoms with Crippen molar-refractivity contribution >= 4 is 39.6 Å². The maximum atomic E-state index is 12.9. The number of aromatic nitrogens is 3. The molecule has 3 aromatic carbocycles. The molecule has 0 saturated heterocycles. The van der Waals surface area contributed by atoms with Crippen molar-refractivity contribution in [3.8, 4) is 5.69 Å². The van der Waals surface area contributed by atoms with Crippen molar-refractivity contribution in [2.45, 2.75) is 12.5 Å². The first-order chi connectivity index (χ1) is 17.3. The zero-order valence-electron chi connectivity index (χ0n) is 18.6. The Hall–Kier alpha value is -5.19. The molecule has 5 aromatic rings. The van der Waals surface area contributed by atoms with E-state index in [-0.39, 0.29) is 23.4 Å². The van der Waals surface area contributed by atoms with Gasteiger partial charge < -0.3 is 25.6 Å². The average molecular weight is 485 g/mol. The van der Waals surface area contributed by atoms with E-state index in [4.69, 9.17) is 10.2 Å². The Morgan fingerprint density at radius 1 is 1.08 bits per heavy atom. The minimum absolute atomic E-state index is 0.0545. The Morgan fingerprint density at radius 3 is 2.56 bits per heavy atom. The number of benzene rings is 3. The maximum absolute atomic E-state index is 12.9. The number of carboxylic acid groups (broad SMARTS) is 1. The summed E-state index contributed by atoms with van der Waals surface area (Å²) in [7, 11) is 0. The number of hydrogen-bond donors (Lipinski definition) is 4. The molecule has 11 heteroatoms. The van der Waals surface area contributed by atoms with Gasteiger partial charge in [0, 0.05) is 12.1 Å². The molecule has 0 spiro atoms. The van der Waals surface area contributed by atoms with Crippen molar-refractivity contribution in [3.63, 3.8) is 0 Å². The molecular formula is C25H19N5O6. The van der Waals surface area contributed by atoms with Crippen LogP contribution in [-0.4, -0.2) is 37.6 Å². The normalized spacial score (nSPS) is 12.0. The molecule has 0 saturated carbocycles. The van der Waals surface area contributed by atoms with Gasteiger partial charge >= 0.3 is 17.6 Å². The van der Waals surface area contributed by atoms with E-state index >= 15 is 0 Å². The lowest BCUT2D eigenvalue weighted by atomic mass is 10.1. The number of carboxylic acids is 1. The zero-order valence-corrected chi connectivity index (χ0v) is 18.6. The summed E-state index contributed by atoms with van der Waals surface area (Å²) in [5, 5.41) is 12.3. The third-order valence-corrected chi connectivity index (χ3v) is 5.65. The van der Waals surface area contributed by atoms with Crippen LogP contribution in [0.2, 0.25) is 0 Å². The van der Waals surface area contributed by atoms with E-state index in [1.54, 1.807) is 48.5 Å². The van der Waals surface area contributed by atoms with Gasteiger partial charge in [0.05, 0.1) is 16.6 Å². The molecule has 2 aromatic heterocycles. The van der Waals surface area contributed by atoms with Crippen LogP contribution >= 0.6 is 0 Å². The summed E-state index contributed by atoms with van der Waals surface area (Å²) in [5.74, 6) is -2.25. The number of H-pyrrole nitrogens is 1. The molecule has 0 fully saturated rings. The van der Waals surface area contributed by atoms with E-state index in [9.17, 15) is 24.3 Å². The number of fused-ring (bicyclic) bond motifs is 2. The number of amides is 1. The molecule has 0 aliphatic carbocycles. The number of nitrogens with two attached hydrogens (primary N) is 1. The first-order valence-electron chi connectivity index (χ1n) is 10.8. The standard InChI is InChI=1S/C25H19N5O6/c26-14-7-10-17-16(12-14)23(32)30(25(35)29-17)15-8-5-13(6-9-15)11-19(24(33)34)27-21(31)22-28-18-3-1-2-4-20(18)36-22/h1-10,12,19H,11,26H2,(H,27,31)(H,29,35)(H,33,34)/t19-/m0/s1. The number of para-hydroxylation sites is 2. The SMILES string of the molecule is Nc1ccc2[nH]c(=O)n(-c3ccc(C[C@H](NC(=O)c4nc5ccccc5o4)C(=O)O)cc3)c(=O)c2c1. The molecule has 5 N–H and O–H groups in total. The fourth-order valence-electron chi connectivity index (χ4n) is 3.87. The first-order valence-corrected chi connectivity index (χ1v) is 10.8. The van der Waals surface area contributed by atoms with Gasteiger partial charge in [-0.3, -0.25) is 9.59 Å². The van der Waals surface area contributed by atoms with E-state index in [1.807, 2.05) is 0 Å². The molecule has 0 radical (unpaired) electrons. The Bertz CT molecular complexity index is 1720. The van der Waals surface area contributed by atoms with Crippen LogP contribution in [0.15, 0.2) is 80.7 Å². The zero-order chi connectivity index (χ0) is 25.4. The minimum atomic E-state index is -1.27. The van der Waals surface area contributed by atoms with E-state index in [1.165, 1.54) is 18.2 Å².